The van der Waals surface area contributed by atoms with Gasteiger partial charge in [0.25, 0.3) is 0 Å². The molecule has 1 aliphatic rings. The summed E-state index contributed by atoms with van der Waals surface area (Å²) in [6.07, 6.45) is 1.94. The van der Waals surface area contributed by atoms with E-state index in [-0.39, 0.29) is 11.7 Å². The molecule has 3 nitrogen and oxygen atoms in total. The number of alkyl halides is 1. The quantitative estimate of drug-likeness (QED) is 0.708. The fourth-order valence-corrected chi connectivity index (χ4v) is 2.62. The molecular weight excluding hydrogens is 181 g/mol. The molecule has 2 N–H and O–H groups in total. The van der Waals surface area contributed by atoms with Crippen molar-refractivity contribution in [1.29, 1.82) is 0 Å². The van der Waals surface area contributed by atoms with E-state index in [0.29, 0.717) is 12.8 Å². The average molecular weight is 195 g/mol. The van der Waals surface area contributed by atoms with Crippen LogP contribution in [0.25, 0.3) is 0 Å². The predicted octanol–water partition coefficient (Wildman–Crippen LogP) is 0.803. The maximum absolute atomic E-state index is 13.1. The normalized spacial score (nSPS) is 31.8. The molecule has 0 saturated heterocycles. The minimum absolute atomic E-state index is 0.200. The highest BCUT2D eigenvalue weighted by molar-refractivity contribution is 7.89. The molecule has 12 heavy (non-hydrogen) atoms. The number of rotatable bonds is 2. The van der Waals surface area contributed by atoms with Crippen LogP contribution in [0.4, 0.5) is 4.39 Å². The van der Waals surface area contributed by atoms with Crippen LogP contribution in [-0.4, -0.2) is 20.3 Å². The van der Waals surface area contributed by atoms with E-state index >= 15 is 0 Å². The van der Waals surface area contributed by atoms with Crippen LogP contribution in [0.1, 0.15) is 25.7 Å². The average Bonchev–Trinajstić information content (AvgIpc) is 1.91. The molecule has 0 spiro atoms. The lowest BCUT2D eigenvalue weighted by Gasteiger charge is -2.24. The van der Waals surface area contributed by atoms with Gasteiger partial charge in [0.1, 0.15) is 6.17 Å². The number of nitrogens with two attached hydrogens (primary N) is 1. The summed E-state index contributed by atoms with van der Waals surface area (Å²) in [5, 5.41) is 4.83. The van der Waals surface area contributed by atoms with Crippen molar-refractivity contribution in [1.82, 2.24) is 0 Å². The van der Waals surface area contributed by atoms with Crippen LogP contribution in [0.3, 0.4) is 0 Å². The van der Waals surface area contributed by atoms with Crippen molar-refractivity contribution in [3.05, 3.63) is 0 Å². The van der Waals surface area contributed by atoms with E-state index in [4.69, 9.17) is 5.14 Å². The molecule has 0 radical (unpaired) electrons. The van der Waals surface area contributed by atoms with Gasteiger partial charge in [-0.05, 0) is 12.8 Å². The Morgan fingerprint density at radius 1 is 1.33 bits per heavy atom. The smallest absolute Gasteiger partial charge is 0.209 e. The molecule has 1 fully saturated rings. The lowest BCUT2D eigenvalue weighted by molar-refractivity contribution is 0.181. The third kappa shape index (κ3) is 3.06. The summed E-state index contributed by atoms with van der Waals surface area (Å²) < 4.78 is 34.4. The minimum atomic E-state index is -3.50. The SMILES string of the molecule is NS(=O)(=O)CC1CCCCC1F. The highest BCUT2D eigenvalue weighted by Gasteiger charge is 2.27. The molecule has 0 aromatic heterocycles. The maximum Gasteiger partial charge on any atom is 0.209 e. The summed E-state index contributed by atoms with van der Waals surface area (Å²) >= 11 is 0. The Morgan fingerprint density at radius 3 is 2.42 bits per heavy atom. The monoisotopic (exact) mass is 195 g/mol. The van der Waals surface area contributed by atoms with Gasteiger partial charge in [0, 0.05) is 5.92 Å². The van der Waals surface area contributed by atoms with Gasteiger partial charge in [0.2, 0.25) is 10.0 Å². The van der Waals surface area contributed by atoms with Gasteiger partial charge in [-0.25, -0.2) is 17.9 Å². The van der Waals surface area contributed by atoms with E-state index < -0.39 is 16.2 Å². The fraction of sp³-hybridized carbons (Fsp3) is 1.00. The van der Waals surface area contributed by atoms with Crippen molar-refractivity contribution >= 4 is 10.0 Å². The van der Waals surface area contributed by atoms with E-state index in [1.807, 2.05) is 0 Å². The zero-order chi connectivity index (χ0) is 9.19. The first kappa shape index (κ1) is 9.92. The standard InChI is InChI=1S/C7H14FNO2S/c8-7-4-2-1-3-6(7)5-12(9,10)11/h6-7H,1-5H2,(H2,9,10,11). The maximum atomic E-state index is 13.1. The summed E-state index contributed by atoms with van der Waals surface area (Å²) in [4.78, 5) is 0. The van der Waals surface area contributed by atoms with Crippen LogP contribution < -0.4 is 5.14 Å². The van der Waals surface area contributed by atoms with Crippen molar-refractivity contribution in [3.63, 3.8) is 0 Å². The zero-order valence-corrected chi connectivity index (χ0v) is 7.69. The molecule has 0 aliphatic heterocycles. The first-order valence-electron chi connectivity index (χ1n) is 4.13. The molecule has 1 saturated carbocycles. The Hall–Kier alpha value is -0.160. The molecule has 72 valence electrons. The molecule has 0 aromatic carbocycles. The number of halogens is 1. The molecule has 0 amide bonds. The lowest BCUT2D eigenvalue weighted by Crippen LogP contribution is -2.31. The van der Waals surface area contributed by atoms with E-state index in [9.17, 15) is 12.8 Å². The van der Waals surface area contributed by atoms with Crippen LogP contribution in [-0.2, 0) is 10.0 Å². The molecule has 2 atom stereocenters. The minimum Gasteiger partial charge on any atom is -0.247 e. The summed E-state index contributed by atoms with van der Waals surface area (Å²) in [6.45, 7) is 0. The number of hydrogen-bond acceptors (Lipinski definition) is 2. The van der Waals surface area contributed by atoms with Gasteiger partial charge in [-0.1, -0.05) is 12.8 Å². The van der Waals surface area contributed by atoms with Gasteiger partial charge in [0.05, 0.1) is 5.75 Å². The molecular formula is C7H14FNO2S. The number of sulfonamides is 1. The third-order valence-electron chi connectivity index (χ3n) is 2.26. The molecule has 2 unspecified atom stereocenters. The molecule has 0 aromatic rings. The summed E-state index contributed by atoms with van der Waals surface area (Å²) in [5.41, 5.74) is 0. The van der Waals surface area contributed by atoms with Crippen molar-refractivity contribution in [2.24, 2.45) is 11.1 Å². The van der Waals surface area contributed by atoms with Gasteiger partial charge >= 0.3 is 0 Å². The van der Waals surface area contributed by atoms with Crippen LogP contribution in [0.5, 0.6) is 0 Å². The topological polar surface area (TPSA) is 60.2 Å². The molecule has 1 aliphatic carbocycles. The van der Waals surface area contributed by atoms with E-state index in [1.165, 1.54) is 0 Å². The highest BCUT2D eigenvalue weighted by atomic mass is 32.2. The Kier molecular flexibility index (Phi) is 3.06. The van der Waals surface area contributed by atoms with E-state index in [0.717, 1.165) is 12.8 Å². The summed E-state index contributed by atoms with van der Waals surface area (Å²) in [5.74, 6) is -0.567. The Labute approximate surface area is 72.2 Å². The number of primary sulfonamides is 1. The lowest BCUT2D eigenvalue weighted by atomic mass is 9.89. The number of hydrogen-bond donors (Lipinski definition) is 1. The van der Waals surface area contributed by atoms with Crippen LogP contribution in [0.15, 0.2) is 0 Å². The van der Waals surface area contributed by atoms with Crippen molar-refractivity contribution < 1.29 is 12.8 Å². The molecule has 1 rings (SSSR count). The van der Waals surface area contributed by atoms with Crippen LogP contribution in [0, 0.1) is 5.92 Å². The van der Waals surface area contributed by atoms with Crippen molar-refractivity contribution in [2.75, 3.05) is 5.75 Å². The Bertz CT molecular complexity index is 240. The predicted molar refractivity (Wildman–Crippen MR) is 44.8 cm³/mol. The van der Waals surface area contributed by atoms with Gasteiger partial charge < -0.3 is 0 Å². The van der Waals surface area contributed by atoms with Crippen LogP contribution in [0.2, 0.25) is 0 Å². The Balaban J connectivity index is 2.50. The summed E-state index contributed by atoms with van der Waals surface area (Å²) in [6, 6.07) is 0. The van der Waals surface area contributed by atoms with Crippen LogP contribution >= 0.6 is 0 Å². The highest BCUT2D eigenvalue weighted by Crippen LogP contribution is 2.27. The second kappa shape index (κ2) is 3.70. The van der Waals surface area contributed by atoms with E-state index in [1.54, 1.807) is 0 Å². The first-order valence-corrected chi connectivity index (χ1v) is 5.85. The molecule has 0 heterocycles. The summed E-state index contributed by atoms with van der Waals surface area (Å²) in [7, 11) is -3.50. The van der Waals surface area contributed by atoms with Gasteiger partial charge in [-0.15, -0.1) is 0 Å². The fourth-order valence-electron chi connectivity index (χ4n) is 1.65. The second-order valence-corrected chi connectivity index (χ2v) is 5.05. The van der Waals surface area contributed by atoms with Crippen molar-refractivity contribution in [2.45, 2.75) is 31.9 Å². The zero-order valence-electron chi connectivity index (χ0n) is 6.87. The Morgan fingerprint density at radius 2 is 1.92 bits per heavy atom. The van der Waals surface area contributed by atoms with Crippen molar-refractivity contribution in [3.8, 4) is 0 Å². The largest absolute Gasteiger partial charge is 0.247 e. The second-order valence-electron chi connectivity index (χ2n) is 3.39. The first-order chi connectivity index (χ1) is 5.49. The van der Waals surface area contributed by atoms with Gasteiger partial charge in [-0.3, -0.25) is 0 Å². The van der Waals surface area contributed by atoms with E-state index in [2.05, 4.69) is 0 Å². The molecule has 5 heteroatoms. The molecule has 0 bridgehead atoms. The van der Waals surface area contributed by atoms with Gasteiger partial charge in [-0.2, -0.15) is 0 Å². The van der Waals surface area contributed by atoms with Gasteiger partial charge in [0.15, 0.2) is 0 Å². The third-order valence-corrected chi connectivity index (χ3v) is 3.16.